The summed E-state index contributed by atoms with van der Waals surface area (Å²) in [6.07, 6.45) is 3.52. The van der Waals surface area contributed by atoms with Crippen LogP contribution in [0.25, 0.3) is 5.69 Å². The molecule has 8 heteroatoms. The van der Waals surface area contributed by atoms with E-state index in [0.29, 0.717) is 17.3 Å². The van der Waals surface area contributed by atoms with E-state index in [1.165, 1.54) is 6.07 Å². The Labute approximate surface area is 163 Å². The van der Waals surface area contributed by atoms with Crippen molar-refractivity contribution in [2.75, 3.05) is 26.7 Å². The Morgan fingerprint density at radius 3 is 2.85 bits per heavy atom. The molecule has 0 bridgehead atoms. The quantitative estimate of drug-likeness (QED) is 0.864. The minimum absolute atomic E-state index is 0. The van der Waals surface area contributed by atoms with Crippen LogP contribution in [0.15, 0.2) is 18.2 Å². The molecule has 2 heterocycles. The zero-order valence-corrected chi connectivity index (χ0v) is 16.0. The van der Waals surface area contributed by atoms with E-state index in [4.69, 9.17) is 0 Å². The van der Waals surface area contributed by atoms with Crippen LogP contribution in [0.2, 0.25) is 0 Å². The first-order valence-corrected chi connectivity index (χ1v) is 9.08. The maximum Gasteiger partial charge on any atom is 0.274 e. The zero-order chi connectivity index (χ0) is 18.3. The Kier molecular flexibility index (Phi) is 5.81. The molecule has 2 aromatic rings. The predicted molar refractivity (Wildman–Crippen MR) is 101 cm³/mol. The van der Waals surface area contributed by atoms with E-state index < -0.39 is 11.6 Å². The molecule has 1 aromatic carbocycles. The first kappa shape index (κ1) is 19.8. The van der Waals surface area contributed by atoms with Crippen molar-refractivity contribution in [1.29, 1.82) is 0 Å². The third-order valence-corrected chi connectivity index (χ3v) is 5.35. The van der Waals surface area contributed by atoms with Crippen molar-refractivity contribution in [2.24, 2.45) is 5.92 Å². The van der Waals surface area contributed by atoms with Crippen molar-refractivity contribution >= 4 is 18.3 Å². The lowest BCUT2D eigenvalue weighted by Crippen LogP contribution is -2.31. The summed E-state index contributed by atoms with van der Waals surface area (Å²) in [4.78, 5) is 14.9. The summed E-state index contributed by atoms with van der Waals surface area (Å²) in [5, 5.41) is 7.67. The third kappa shape index (κ3) is 3.58. The number of hydrogen-bond donors (Lipinski definition) is 1. The SMILES string of the molecule is CNCC1CCN(C(=O)c2nn(-c3ccc(F)c(F)c3)c3c2CCC3)C1.Cl. The molecule has 5 nitrogen and oxygen atoms in total. The molecule has 1 atom stereocenters. The van der Waals surface area contributed by atoms with Crippen LogP contribution in [-0.2, 0) is 12.8 Å². The van der Waals surface area contributed by atoms with Crippen molar-refractivity contribution in [3.63, 3.8) is 0 Å². The average molecular weight is 397 g/mol. The van der Waals surface area contributed by atoms with Crippen molar-refractivity contribution in [3.8, 4) is 5.69 Å². The largest absolute Gasteiger partial charge is 0.337 e. The first-order chi connectivity index (χ1) is 12.6. The minimum Gasteiger partial charge on any atom is -0.337 e. The molecule has 0 spiro atoms. The standard InChI is InChI=1S/C19H22F2N4O.ClH/c1-22-10-12-7-8-24(11-12)19(26)18-14-3-2-4-17(14)25(23-18)13-5-6-15(20)16(21)9-13;/h5-6,9,12,22H,2-4,7-8,10-11H2,1H3;1H. The second-order valence-corrected chi connectivity index (χ2v) is 7.10. The highest BCUT2D eigenvalue weighted by Gasteiger charge is 2.33. The molecular weight excluding hydrogens is 374 g/mol. The highest BCUT2D eigenvalue weighted by atomic mass is 35.5. The molecule has 1 aliphatic heterocycles. The van der Waals surface area contributed by atoms with E-state index in [0.717, 1.165) is 68.7 Å². The minimum atomic E-state index is -0.910. The Morgan fingerprint density at radius 1 is 1.30 bits per heavy atom. The van der Waals surface area contributed by atoms with Gasteiger partial charge >= 0.3 is 0 Å². The number of benzene rings is 1. The molecule has 1 aliphatic carbocycles. The fourth-order valence-electron chi connectivity index (χ4n) is 4.06. The number of halogens is 3. The molecule has 27 heavy (non-hydrogen) atoms. The summed E-state index contributed by atoms with van der Waals surface area (Å²) >= 11 is 0. The van der Waals surface area contributed by atoms with Gasteiger partial charge in [0, 0.05) is 30.4 Å². The van der Waals surface area contributed by atoms with Crippen LogP contribution >= 0.6 is 12.4 Å². The van der Waals surface area contributed by atoms with Gasteiger partial charge in [0.05, 0.1) is 5.69 Å². The Hall–Kier alpha value is -1.99. The van der Waals surface area contributed by atoms with Crippen molar-refractivity contribution in [3.05, 3.63) is 46.8 Å². The van der Waals surface area contributed by atoms with E-state index in [2.05, 4.69) is 10.4 Å². The number of likely N-dealkylation sites (tertiary alicyclic amines) is 1. The second-order valence-electron chi connectivity index (χ2n) is 7.10. The van der Waals surface area contributed by atoms with E-state index in [-0.39, 0.29) is 18.3 Å². The van der Waals surface area contributed by atoms with Gasteiger partial charge in [-0.05, 0) is 57.3 Å². The number of fused-ring (bicyclic) bond motifs is 1. The van der Waals surface area contributed by atoms with Crippen molar-refractivity contribution in [2.45, 2.75) is 25.7 Å². The predicted octanol–water partition coefficient (Wildman–Crippen LogP) is 2.74. The topological polar surface area (TPSA) is 50.2 Å². The van der Waals surface area contributed by atoms with Crippen LogP contribution in [0.1, 0.15) is 34.6 Å². The molecule has 4 rings (SSSR count). The van der Waals surface area contributed by atoms with E-state index in [1.54, 1.807) is 4.68 Å². The number of rotatable bonds is 4. The van der Waals surface area contributed by atoms with Gasteiger partial charge in [-0.25, -0.2) is 13.5 Å². The lowest BCUT2D eigenvalue weighted by atomic mass is 10.1. The molecule has 2 aliphatic rings. The van der Waals surface area contributed by atoms with Gasteiger partial charge in [-0.1, -0.05) is 0 Å². The molecule has 1 unspecified atom stereocenters. The summed E-state index contributed by atoms with van der Waals surface area (Å²) in [6, 6.07) is 3.73. The molecule has 1 aromatic heterocycles. The zero-order valence-electron chi connectivity index (χ0n) is 15.2. The lowest BCUT2D eigenvalue weighted by Gasteiger charge is -2.15. The summed E-state index contributed by atoms with van der Waals surface area (Å²) in [5.41, 5.74) is 2.81. The fourth-order valence-corrected chi connectivity index (χ4v) is 4.06. The third-order valence-electron chi connectivity index (χ3n) is 5.35. The van der Waals surface area contributed by atoms with Gasteiger partial charge in [0.25, 0.3) is 5.91 Å². The number of carbonyl (C=O) groups excluding carboxylic acids is 1. The normalized spacial score (nSPS) is 18.5. The number of nitrogens with zero attached hydrogens (tertiary/aromatic N) is 3. The molecule has 1 saturated heterocycles. The number of amides is 1. The summed E-state index contributed by atoms with van der Waals surface area (Å²) < 4.78 is 28.5. The highest BCUT2D eigenvalue weighted by molar-refractivity contribution is 5.94. The van der Waals surface area contributed by atoms with Crippen LogP contribution in [0.5, 0.6) is 0 Å². The van der Waals surface area contributed by atoms with E-state index >= 15 is 0 Å². The van der Waals surface area contributed by atoms with Crippen LogP contribution < -0.4 is 5.32 Å². The van der Waals surface area contributed by atoms with Gasteiger partial charge in [0.1, 0.15) is 0 Å². The summed E-state index contributed by atoms with van der Waals surface area (Å²) in [7, 11) is 1.92. The Morgan fingerprint density at radius 2 is 2.11 bits per heavy atom. The van der Waals surface area contributed by atoms with Crippen molar-refractivity contribution < 1.29 is 13.6 Å². The summed E-state index contributed by atoms with van der Waals surface area (Å²) in [6.45, 7) is 2.36. The van der Waals surface area contributed by atoms with Crippen LogP contribution in [0, 0.1) is 17.6 Å². The molecule has 1 amide bonds. The number of carbonyl (C=O) groups is 1. The van der Waals surface area contributed by atoms with Crippen LogP contribution in [-0.4, -0.2) is 47.3 Å². The van der Waals surface area contributed by atoms with Crippen molar-refractivity contribution in [1.82, 2.24) is 20.0 Å². The summed E-state index contributed by atoms with van der Waals surface area (Å²) in [5.74, 6) is -1.39. The van der Waals surface area contributed by atoms with E-state index in [9.17, 15) is 13.6 Å². The van der Waals surface area contributed by atoms with Gasteiger partial charge in [-0.3, -0.25) is 4.79 Å². The number of aromatic nitrogens is 2. The molecule has 146 valence electrons. The average Bonchev–Trinajstić information content (AvgIpc) is 3.33. The molecule has 1 fully saturated rings. The molecule has 0 radical (unpaired) electrons. The molecule has 1 N–H and O–H groups in total. The van der Waals surface area contributed by atoms with Crippen LogP contribution in [0.4, 0.5) is 8.78 Å². The highest BCUT2D eigenvalue weighted by Crippen LogP contribution is 2.30. The van der Waals surface area contributed by atoms with Gasteiger partial charge in [-0.2, -0.15) is 5.10 Å². The van der Waals surface area contributed by atoms with Gasteiger partial charge in [0.2, 0.25) is 0 Å². The smallest absolute Gasteiger partial charge is 0.274 e. The second kappa shape index (κ2) is 7.94. The molecular formula is C19H23ClF2N4O. The van der Waals surface area contributed by atoms with Crippen LogP contribution in [0.3, 0.4) is 0 Å². The molecule has 0 saturated carbocycles. The van der Waals surface area contributed by atoms with E-state index in [1.807, 2.05) is 11.9 Å². The van der Waals surface area contributed by atoms with Gasteiger partial charge in [-0.15, -0.1) is 12.4 Å². The number of nitrogens with one attached hydrogen (secondary N) is 1. The maximum atomic E-state index is 13.6. The fraction of sp³-hybridized carbons (Fsp3) is 0.474. The van der Waals surface area contributed by atoms with Gasteiger partial charge < -0.3 is 10.2 Å². The Bertz CT molecular complexity index is 854. The van der Waals surface area contributed by atoms with Gasteiger partial charge in [0.15, 0.2) is 17.3 Å². The maximum absolute atomic E-state index is 13.6. The monoisotopic (exact) mass is 396 g/mol. The Balaban J connectivity index is 0.00000210. The number of hydrogen-bond acceptors (Lipinski definition) is 3. The first-order valence-electron chi connectivity index (χ1n) is 9.08. The lowest BCUT2D eigenvalue weighted by molar-refractivity contribution is 0.0780.